The molecular formula is C20H33N7O3. The van der Waals surface area contributed by atoms with E-state index in [9.17, 15) is 4.79 Å². The molecule has 30 heavy (non-hydrogen) atoms. The number of nitrogen functional groups attached to an aromatic ring is 1. The molecule has 166 valence electrons. The van der Waals surface area contributed by atoms with Gasteiger partial charge in [0.25, 0.3) is 0 Å². The van der Waals surface area contributed by atoms with Gasteiger partial charge in [0.2, 0.25) is 0 Å². The van der Waals surface area contributed by atoms with Crippen molar-refractivity contribution in [2.75, 3.05) is 38.6 Å². The Morgan fingerprint density at radius 1 is 1.20 bits per heavy atom. The predicted molar refractivity (Wildman–Crippen MR) is 117 cm³/mol. The number of ether oxygens (including phenoxy) is 1. The molecule has 0 bridgehead atoms. The third-order valence-electron chi connectivity index (χ3n) is 5.21. The second-order valence-electron chi connectivity index (χ2n) is 7.55. The van der Waals surface area contributed by atoms with Gasteiger partial charge in [0, 0.05) is 6.54 Å². The standard InChI is InChI=1S/C20H33N7O3/c1-3-5-12-29-19-23-17(21)16-18(24-19)27(20(28)22-16)14-15(4-2)25-30-13-8-11-26-9-6-7-10-26/h3-14H2,1-2H3,(H,22,28)(H2,21,23,24)/b25-15+. The molecule has 10 heteroatoms. The fraction of sp³-hybridized carbons (Fsp3) is 0.700. The molecule has 0 aromatic carbocycles. The van der Waals surface area contributed by atoms with Crippen LogP contribution in [0.4, 0.5) is 5.82 Å². The fourth-order valence-corrected chi connectivity index (χ4v) is 3.43. The maximum Gasteiger partial charge on any atom is 0.328 e. The van der Waals surface area contributed by atoms with E-state index in [1.807, 2.05) is 6.92 Å². The van der Waals surface area contributed by atoms with Crippen molar-refractivity contribution in [3.63, 3.8) is 0 Å². The molecule has 0 unspecified atom stereocenters. The molecule has 0 atom stereocenters. The first-order valence-corrected chi connectivity index (χ1v) is 10.9. The first-order valence-electron chi connectivity index (χ1n) is 10.9. The summed E-state index contributed by atoms with van der Waals surface area (Å²) in [5.41, 5.74) is 7.26. The van der Waals surface area contributed by atoms with Gasteiger partial charge < -0.3 is 25.2 Å². The minimum atomic E-state index is -0.313. The van der Waals surface area contributed by atoms with Crippen LogP contribution in [0.1, 0.15) is 52.4 Å². The zero-order chi connectivity index (χ0) is 21.3. The molecule has 1 fully saturated rings. The summed E-state index contributed by atoms with van der Waals surface area (Å²) in [6, 6.07) is 0.175. The van der Waals surface area contributed by atoms with E-state index in [1.165, 1.54) is 30.5 Å². The summed E-state index contributed by atoms with van der Waals surface area (Å²) < 4.78 is 7.07. The number of oxime groups is 1. The van der Waals surface area contributed by atoms with E-state index in [4.69, 9.17) is 15.3 Å². The molecule has 0 amide bonds. The highest BCUT2D eigenvalue weighted by Gasteiger charge is 2.16. The molecule has 3 heterocycles. The number of rotatable bonds is 12. The Kier molecular flexibility index (Phi) is 8.06. The van der Waals surface area contributed by atoms with Gasteiger partial charge in [-0.25, -0.2) is 4.79 Å². The maximum absolute atomic E-state index is 12.5. The largest absolute Gasteiger partial charge is 0.463 e. The number of hydrogen-bond acceptors (Lipinski definition) is 8. The minimum Gasteiger partial charge on any atom is -0.463 e. The lowest BCUT2D eigenvalue weighted by atomic mass is 10.3. The molecule has 1 saturated heterocycles. The predicted octanol–water partition coefficient (Wildman–Crippen LogP) is 2.15. The summed E-state index contributed by atoms with van der Waals surface area (Å²) in [6.45, 7) is 8.80. The molecule has 3 N–H and O–H groups in total. The molecule has 0 saturated carbocycles. The highest BCUT2D eigenvalue weighted by molar-refractivity contribution is 5.87. The number of aromatic amines is 1. The van der Waals surface area contributed by atoms with Crippen LogP contribution in [0.2, 0.25) is 0 Å². The summed E-state index contributed by atoms with van der Waals surface area (Å²) in [4.78, 5) is 31.7. The van der Waals surface area contributed by atoms with Gasteiger partial charge >= 0.3 is 11.7 Å². The van der Waals surface area contributed by atoms with Crippen molar-refractivity contribution in [2.24, 2.45) is 5.16 Å². The van der Waals surface area contributed by atoms with Gasteiger partial charge in [-0.05, 0) is 45.2 Å². The zero-order valence-corrected chi connectivity index (χ0v) is 18.0. The first kappa shape index (κ1) is 22.1. The van der Waals surface area contributed by atoms with E-state index in [-0.39, 0.29) is 24.1 Å². The van der Waals surface area contributed by atoms with E-state index >= 15 is 0 Å². The molecule has 1 aliphatic rings. The van der Waals surface area contributed by atoms with Crippen molar-refractivity contribution in [1.82, 2.24) is 24.4 Å². The van der Waals surface area contributed by atoms with Crippen LogP contribution < -0.4 is 16.2 Å². The number of unbranched alkanes of at least 4 members (excludes halogenated alkanes) is 1. The van der Waals surface area contributed by atoms with Gasteiger partial charge in [-0.2, -0.15) is 9.97 Å². The van der Waals surface area contributed by atoms with Gasteiger partial charge in [0.15, 0.2) is 11.5 Å². The van der Waals surface area contributed by atoms with E-state index in [2.05, 4.69) is 31.9 Å². The van der Waals surface area contributed by atoms with Crippen LogP contribution in [0, 0.1) is 0 Å². The SMILES string of the molecule is CCCCOc1nc(N)c2[nH]c(=O)n(C/C(CC)=N/OCCCN3CCCC3)c2n1. The van der Waals surface area contributed by atoms with Crippen LogP contribution in [0.25, 0.3) is 11.2 Å². The van der Waals surface area contributed by atoms with Crippen LogP contribution in [0.15, 0.2) is 9.95 Å². The highest BCUT2D eigenvalue weighted by Crippen LogP contribution is 2.18. The Morgan fingerprint density at radius 2 is 2.00 bits per heavy atom. The smallest absolute Gasteiger partial charge is 0.328 e. The number of nitrogens with zero attached hydrogens (tertiary/aromatic N) is 5. The van der Waals surface area contributed by atoms with E-state index in [0.29, 0.717) is 30.8 Å². The monoisotopic (exact) mass is 419 g/mol. The van der Waals surface area contributed by atoms with E-state index in [0.717, 1.165) is 31.5 Å². The minimum absolute atomic E-state index is 0.175. The molecule has 2 aromatic heterocycles. The molecular weight excluding hydrogens is 386 g/mol. The Bertz CT molecular complexity index is 900. The molecule has 0 aliphatic carbocycles. The third kappa shape index (κ3) is 5.71. The lowest BCUT2D eigenvalue weighted by molar-refractivity contribution is 0.131. The number of nitrogens with one attached hydrogen (secondary N) is 1. The molecule has 3 rings (SSSR count). The average Bonchev–Trinajstić information content (AvgIpc) is 3.36. The summed E-state index contributed by atoms with van der Waals surface area (Å²) in [6.07, 6.45) is 6.07. The van der Waals surface area contributed by atoms with Crippen molar-refractivity contribution in [3.05, 3.63) is 10.5 Å². The molecule has 1 aliphatic heterocycles. The Labute approximate surface area is 176 Å². The zero-order valence-electron chi connectivity index (χ0n) is 18.0. The second-order valence-corrected chi connectivity index (χ2v) is 7.55. The number of hydrogen-bond donors (Lipinski definition) is 2. The van der Waals surface area contributed by atoms with Crippen molar-refractivity contribution in [3.8, 4) is 6.01 Å². The lowest BCUT2D eigenvalue weighted by Crippen LogP contribution is -2.22. The van der Waals surface area contributed by atoms with Crippen LogP contribution in [0.3, 0.4) is 0 Å². The van der Waals surface area contributed by atoms with Crippen molar-refractivity contribution >= 4 is 22.7 Å². The lowest BCUT2D eigenvalue weighted by Gasteiger charge is -2.13. The summed E-state index contributed by atoms with van der Waals surface area (Å²) in [7, 11) is 0. The quantitative estimate of drug-likeness (QED) is 0.307. The number of imidazole rings is 1. The Morgan fingerprint density at radius 3 is 2.73 bits per heavy atom. The van der Waals surface area contributed by atoms with Crippen LogP contribution in [0.5, 0.6) is 6.01 Å². The first-order chi connectivity index (χ1) is 14.6. The van der Waals surface area contributed by atoms with Crippen LogP contribution in [-0.4, -0.2) is 63.0 Å². The van der Waals surface area contributed by atoms with Gasteiger partial charge in [-0.15, -0.1) is 0 Å². The van der Waals surface area contributed by atoms with Gasteiger partial charge in [-0.1, -0.05) is 25.4 Å². The number of anilines is 1. The molecule has 0 radical (unpaired) electrons. The van der Waals surface area contributed by atoms with Crippen LogP contribution in [-0.2, 0) is 11.4 Å². The number of nitrogens with two attached hydrogens (primary N) is 1. The highest BCUT2D eigenvalue weighted by atomic mass is 16.6. The number of likely N-dealkylation sites (tertiary alicyclic amines) is 1. The number of H-pyrrole nitrogens is 1. The fourth-order valence-electron chi connectivity index (χ4n) is 3.43. The molecule has 0 spiro atoms. The summed E-state index contributed by atoms with van der Waals surface area (Å²) >= 11 is 0. The van der Waals surface area contributed by atoms with Gasteiger partial charge in [-0.3, -0.25) is 4.57 Å². The molecule has 2 aromatic rings. The van der Waals surface area contributed by atoms with Crippen molar-refractivity contribution in [1.29, 1.82) is 0 Å². The summed E-state index contributed by atoms with van der Waals surface area (Å²) in [5.74, 6) is 0.190. The topological polar surface area (TPSA) is 124 Å². The number of fused-ring (bicyclic) bond motifs is 1. The number of aromatic nitrogens is 4. The Balaban J connectivity index is 1.65. The molecule has 10 nitrogen and oxygen atoms in total. The van der Waals surface area contributed by atoms with Crippen molar-refractivity contribution in [2.45, 2.75) is 58.9 Å². The Hall–Kier alpha value is -2.62. The van der Waals surface area contributed by atoms with Gasteiger partial charge in [0.05, 0.1) is 18.9 Å². The van der Waals surface area contributed by atoms with Crippen LogP contribution >= 0.6 is 0 Å². The second kappa shape index (κ2) is 11.0. The normalized spacial score (nSPS) is 15.2. The third-order valence-corrected chi connectivity index (χ3v) is 5.21. The van der Waals surface area contributed by atoms with E-state index in [1.54, 1.807) is 0 Å². The maximum atomic E-state index is 12.5. The van der Waals surface area contributed by atoms with E-state index < -0.39 is 0 Å². The van der Waals surface area contributed by atoms with Gasteiger partial charge in [0.1, 0.15) is 12.1 Å². The van der Waals surface area contributed by atoms with Crippen molar-refractivity contribution < 1.29 is 9.57 Å². The summed E-state index contributed by atoms with van der Waals surface area (Å²) in [5, 5.41) is 4.25. The average molecular weight is 420 g/mol.